The molecule has 0 radical (unpaired) electrons. The Kier molecular flexibility index (Phi) is 8.16. The number of pyridine rings is 1. The van der Waals surface area contributed by atoms with E-state index in [0.717, 1.165) is 49.8 Å². The first-order valence-corrected chi connectivity index (χ1v) is 24.1. The summed E-state index contributed by atoms with van der Waals surface area (Å²) in [6.07, 6.45) is 0. The lowest BCUT2D eigenvalue weighted by Gasteiger charge is -2.15. The number of hydrogen-bond acceptors (Lipinski definition) is 7. The van der Waals surface area contributed by atoms with Gasteiger partial charge in [-0.25, -0.2) is 19.9 Å². The van der Waals surface area contributed by atoms with Crippen molar-refractivity contribution >= 4 is 116 Å². The van der Waals surface area contributed by atoms with Crippen molar-refractivity contribution in [2.24, 2.45) is 0 Å². The van der Waals surface area contributed by atoms with Crippen LogP contribution in [0.3, 0.4) is 0 Å². The lowest BCUT2D eigenvalue weighted by atomic mass is 9.92. The molecular weight excluding hydrogens is 849 g/mol. The van der Waals surface area contributed by atoms with Gasteiger partial charge in [0.25, 0.3) is 0 Å². The van der Waals surface area contributed by atoms with E-state index in [1.165, 1.54) is 71.5 Å². The molecule has 0 aliphatic heterocycles. The number of fused-ring (bicyclic) bond motifs is 13. The van der Waals surface area contributed by atoms with Gasteiger partial charge < -0.3 is 0 Å². The smallest absolute Gasteiger partial charge is 0.164 e. The van der Waals surface area contributed by atoms with Gasteiger partial charge in [-0.05, 0) is 48.0 Å². The average molecular weight is 881 g/mol. The van der Waals surface area contributed by atoms with Gasteiger partial charge in [0.05, 0.1) is 11.2 Å². The van der Waals surface area contributed by atoms with Crippen molar-refractivity contribution in [2.75, 3.05) is 0 Å². The maximum Gasteiger partial charge on any atom is 0.164 e. The van der Waals surface area contributed by atoms with E-state index in [4.69, 9.17) is 19.9 Å². The fraction of sp³-hybridized carbons (Fsp3) is 0. The second kappa shape index (κ2) is 14.4. The van der Waals surface area contributed by atoms with Gasteiger partial charge in [-0.15, -0.1) is 34.0 Å². The van der Waals surface area contributed by atoms with Crippen LogP contribution >= 0.6 is 34.0 Å². The predicted molar refractivity (Wildman–Crippen MR) is 278 cm³/mol. The van der Waals surface area contributed by atoms with E-state index in [9.17, 15) is 0 Å². The lowest BCUT2D eigenvalue weighted by Crippen LogP contribution is -2.00. The predicted octanol–water partition coefficient (Wildman–Crippen LogP) is 17.0. The molecular formula is C58H32N4S3. The summed E-state index contributed by atoms with van der Waals surface area (Å²) < 4.78 is 7.50. The Balaban J connectivity index is 0.958. The molecule has 0 spiro atoms. The number of para-hydroxylation sites is 1. The highest BCUT2D eigenvalue weighted by molar-refractivity contribution is 7.27. The third-order valence-electron chi connectivity index (χ3n) is 12.7. The van der Waals surface area contributed by atoms with E-state index in [1.54, 1.807) is 22.7 Å². The van der Waals surface area contributed by atoms with Crippen molar-refractivity contribution in [1.82, 2.24) is 19.9 Å². The molecule has 7 heteroatoms. The van der Waals surface area contributed by atoms with Crippen molar-refractivity contribution in [3.63, 3.8) is 0 Å². The summed E-state index contributed by atoms with van der Waals surface area (Å²) in [4.78, 5) is 21.0. The van der Waals surface area contributed by atoms with Crippen molar-refractivity contribution in [3.05, 3.63) is 194 Å². The fourth-order valence-corrected chi connectivity index (χ4v) is 13.2. The minimum Gasteiger partial charge on any atom is -0.247 e. The first-order chi connectivity index (χ1) is 32.2. The molecule has 9 aromatic carbocycles. The van der Waals surface area contributed by atoms with Gasteiger partial charge in [-0.1, -0.05) is 152 Å². The van der Waals surface area contributed by atoms with Crippen LogP contribution in [0, 0.1) is 0 Å². The third-order valence-corrected chi connectivity index (χ3v) is 16.2. The monoisotopic (exact) mass is 880 g/mol. The van der Waals surface area contributed by atoms with Crippen LogP contribution in [0.5, 0.6) is 0 Å². The van der Waals surface area contributed by atoms with E-state index in [-0.39, 0.29) is 0 Å². The Bertz CT molecular complexity index is 4110. The van der Waals surface area contributed by atoms with E-state index in [2.05, 4.69) is 194 Å². The van der Waals surface area contributed by atoms with E-state index < -0.39 is 0 Å². The number of aromatic nitrogens is 4. The Labute approximate surface area is 384 Å². The lowest BCUT2D eigenvalue weighted by molar-refractivity contribution is 1.08. The van der Waals surface area contributed by atoms with Gasteiger partial charge in [-0.3, -0.25) is 0 Å². The normalized spacial score (nSPS) is 12.0. The summed E-state index contributed by atoms with van der Waals surface area (Å²) in [7, 11) is 0. The number of benzene rings is 9. The largest absolute Gasteiger partial charge is 0.247 e. The molecule has 302 valence electrons. The molecule has 4 nitrogen and oxygen atoms in total. The van der Waals surface area contributed by atoms with Gasteiger partial charge in [0.1, 0.15) is 0 Å². The standard InChI is InChI=1S/C58H32N4S3/c1-2-12-34(13-3-1)54-45-32-44(55-53(43-17-7-11-21-49(43)65-55)52(45)42-16-4-8-18-46(42)59-54)33-22-24-35(25-23-33)56-60-57(36-26-28-40-38-14-5-9-19-47(38)63-50(40)30-36)62-58(61-56)37-27-29-41-39-15-6-10-20-48(39)64-51(41)31-37/h1-32H. The highest BCUT2D eigenvalue weighted by Gasteiger charge is 2.21. The number of thiophene rings is 3. The van der Waals surface area contributed by atoms with Crippen molar-refractivity contribution in [3.8, 4) is 56.5 Å². The molecule has 14 rings (SSSR count). The highest BCUT2D eigenvalue weighted by Crippen LogP contribution is 2.48. The van der Waals surface area contributed by atoms with Gasteiger partial charge in [0.2, 0.25) is 0 Å². The molecule has 0 atom stereocenters. The third kappa shape index (κ3) is 5.87. The van der Waals surface area contributed by atoms with Gasteiger partial charge in [-0.2, -0.15) is 0 Å². The molecule has 0 amide bonds. The molecule has 0 unspecified atom stereocenters. The van der Waals surface area contributed by atoms with E-state index in [0.29, 0.717) is 17.5 Å². The van der Waals surface area contributed by atoms with Crippen LogP contribution in [-0.2, 0) is 0 Å². The first kappa shape index (κ1) is 36.8. The van der Waals surface area contributed by atoms with E-state index >= 15 is 0 Å². The van der Waals surface area contributed by atoms with Crippen LogP contribution in [0.4, 0.5) is 0 Å². The molecule has 0 aliphatic carbocycles. The molecule has 0 saturated heterocycles. The Morgan fingerprint density at radius 3 is 1.38 bits per heavy atom. The van der Waals surface area contributed by atoms with Crippen molar-refractivity contribution in [1.29, 1.82) is 0 Å². The maximum absolute atomic E-state index is 5.34. The minimum absolute atomic E-state index is 0.636. The molecule has 0 N–H and O–H groups in total. The second-order valence-corrected chi connectivity index (χ2v) is 19.7. The molecule has 5 aromatic heterocycles. The molecule has 0 aliphatic rings. The molecule has 65 heavy (non-hydrogen) atoms. The van der Waals surface area contributed by atoms with Crippen LogP contribution < -0.4 is 0 Å². The molecule has 0 bridgehead atoms. The van der Waals surface area contributed by atoms with Crippen LogP contribution in [0.15, 0.2) is 194 Å². The van der Waals surface area contributed by atoms with Crippen LogP contribution in [-0.4, -0.2) is 19.9 Å². The van der Waals surface area contributed by atoms with Crippen LogP contribution in [0.1, 0.15) is 0 Å². The van der Waals surface area contributed by atoms with Gasteiger partial charge >= 0.3 is 0 Å². The van der Waals surface area contributed by atoms with Crippen molar-refractivity contribution < 1.29 is 0 Å². The van der Waals surface area contributed by atoms with Crippen LogP contribution in [0.25, 0.3) is 139 Å². The molecule has 0 saturated carbocycles. The SMILES string of the molecule is c1ccc(-c2nc3ccccc3c3c2cc(-c2ccc(-c4nc(-c5ccc6c(c5)sc5ccccc56)nc(-c5ccc6c(c5)sc5ccccc56)n4)cc2)c2sc4ccccc4c23)cc1. The Morgan fingerprint density at radius 1 is 0.277 bits per heavy atom. The molecule has 5 heterocycles. The molecule has 14 aromatic rings. The Morgan fingerprint density at radius 2 is 0.754 bits per heavy atom. The van der Waals surface area contributed by atoms with Crippen molar-refractivity contribution in [2.45, 2.75) is 0 Å². The quantitative estimate of drug-likeness (QED) is 0.162. The summed E-state index contributed by atoms with van der Waals surface area (Å²) in [6, 6.07) is 69.5. The summed E-state index contributed by atoms with van der Waals surface area (Å²) in [6.45, 7) is 0. The van der Waals surface area contributed by atoms with Gasteiger partial charge in [0, 0.05) is 104 Å². The topological polar surface area (TPSA) is 51.6 Å². The molecule has 0 fully saturated rings. The van der Waals surface area contributed by atoms with Gasteiger partial charge in [0.15, 0.2) is 17.5 Å². The fourth-order valence-electron chi connectivity index (χ4n) is 9.65. The average Bonchev–Trinajstić information content (AvgIpc) is 4.07. The summed E-state index contributed by atoms with van der Waals surface area (Å²) in [5, 5.41) is 11.1. The minimum atomic E-state index is 0.636. The zero-order chi connectivity index (χ0) is 42.6. The maximum atomic E-state index is 5.34. The summed E-state index contributed by atoms with van der Waals surface area (Å²) in [5.74, 6) is 1.94. The zero-order valence-corrected chi connectivity index (χ0v) is 36.9. The zero-order valence-electron chi connectivity index (χ0n) is 34.5. The number of hydrogen-bond donors (Lipinski definition) is 0. The Hall–Kier alpha value is -7.68. The summed E-state index contributed by atoms with van der Waals surface area (Å²) in [5.41, 5.74) is 8.25. The number of nitrogens with zero attached hydrogens (tertiary/aromatic N) is 4. The summed E-state index contributed by atoms with van der Waals surface area (Å²) >= 11 is 5.47. The first-order valence-electron chi connectivity index (χ1n) is 21.6. The van der Waals surface area contributed by atoms with Crippen LogP contribution in [0.2, 0.25) is 0 Å². The van der Waals surface area contributed by atoms with E-state index in [1.807, 2.05) is 11.3 Å². The number of rotatable bonds is 5. The highest BCUT2D eigenvalue weighted by atomic mass is 32.1. The second-order valence-electron chi connectivity index (χ2n) is 16.5.